The molecule has 0 aliphatic heterocycles. The predicted molar refractivity (Wildman–Crippen MR) is 132 cm³/mol. The van der Waals surface area contributed by atoms with E-state index >= 15 is 0 Å². The molecule has 0 radical (unpaired) electrons. The molecule has 0 aliphatic rings. The van der Waals surface area contributed by atoms with Crippen LogP contribution in [0.4, 0.5) is 0 Å². The Morgan fingerprint density at radius 3 is 1.38 bits per heavy atom. The van der Waals surface area contributed by atoms with Crippen LogP contribution in [0.25, 0.3) is 0 Å². The molecular formula is C23H27O6PS2. The van der Waals surface area contributed by atoms with E-state index in [1.54, 1.807) is 0 Å². The van der Waals surface area contributed by atoms with Crippen LogP contribution >= 0.6 is 6.83 Å². The van der Waals surface area contributed by atoms with E-state index in [0.717, 1.165) is 22.2 Å². The fourth-order valence-corrected chi connectivity index (χ4v) is 13.4. The van der Waals surface area contributed by atoms with Gasteiger partial charge in [0.2, 0.25) is 0 Å². The van der Waals surface area contributed by atoms with Crippen molar-refractivity contribution in [2.45, 2.75) is 12.8 Å². The van der Waals surface area contributed by atoms with Crippen LogP contribution < -0.4 is 15.9 Å². The first-order chi connectivity index (χ1) is 15.1. The monoisotopic (exact) mass is 494 g/mol. The van der Waals surface area contributed by atoms with Gasteiger partial charge in [-0.1, -0.05) is 0 Å². The number of benzene rings is 3. The molecule has 0 saturated carbocycles. The van der Waals surface area contributed by atoms with E-state index < -0.39 is 32.8 Å². The molecule has 3 aromatic rings. The Kier molecular flexibility index (Phi) is 7.22. The van der Waals surface area contributed by atoms with Gasteiger partial charge in [0.25, 0.3) is 0 Å². The molecule has 3 rings (SSSR count). The van der Waals surface area contributed by atoms with Gasteiger partial charge in [-0.3, -0.25) is 0 Å². The van der Waals surface area contributed by atoms with Crippen LogP contribution in [0.1, 0.15) is 12.8 Å². The zero-order valence-electron chi connectivity index (χ0n) is 17.7. The molecule has 0 fully saturated rings. The number of hydrogen-bond acceptors (Lipinski definition) is 5. The molecule has 0 spiro atoms. The van der Waals surface area contributed by atoms with Crippen LogP contribution in [-0.2, 0) is 24.2 Å². The van der Waals surface area contributed by atoms with E-state index in [0.29, 0.717) is 6.42 Å². The quantitative estimate of drug-likeness (QED) is 0.264. The van der Waals surface area contributed by atoms with Crippen molar-refractivity contribution in [3.63, 3.8) is 0 Å². The molecular weight excluding hydrogens is 467 g/mol. The average molecular weight is 495 g/mol. The van der Waals surface area contributed by atoms with Crippen molar-refractivity contribution in [1.29, 1.82) is 0 Å². The summed E-state index contributed by atoms with van der Waals surface area (Å²) >= 11 is 0. The van der Waals surface area contributed by atoms with E-state index in [4.69, 9.17) is 3.97 Å². The SMILES string of the molecule is CS(=O)(=O)OP(CCCCS(=O)(=O)O)(c1ccccc1)(c1ccccc1)c1ccccc1. The van der Waals surface area contributed by atoms with Gasteiger partial charge >= 0.3 is 190 Å². The molecule has 0 aliphatic carbocycles. The summed E-state index contributed by atoms with van der Waals surface area (Å²) in [6.07, 6.45) is 1.79. The molecule has 0 aromatic heterocycles. The fraction of sp³-hybridized carbons (Fsp3) is 0.217. The van der Waals surface area contributed by atoms with Crippen molar-refractivity contribution < 1.29 is 25.4 Å². The Balaban J connectivity index is 2.39. The third-order valence-electron chi connectivity index (χ3n) is 5.44. The number of unbranched alkanes of at least 4 members (excludes halogenated alkanes) is 1. The van der Waals surface area contributed by atoms with Crippen LogP contribution in [0.3, 0.4) is 0 Å². The second-order valence-electron chi connectivity index (χ2n) is 7.71. The summed E-state index contributed by atoms with van der Waals surface area (Å²) in [4.78, 5) is 0. The molecule has 0 saturated heterocycles. The third kappa shape index (κ3) is 5.11. The summed E-state index contributed by atoms with van der Waals surface area (Å²) in [5, 5.41) is 2.19. The topological polar surface area (TPSA) is 97.7 Å². The first-order valence-corrected chi connectivity index (χ1v) is 15.9. The summed E-state index contributed by atoms with van der Waals surface area (Å²) < 4.78 is 63.8. The molecule has 0 heterocycles. The van der Waals surface area contributed by atoms with Gasteiger partial charge in [0, 0.05) is 0 Å². The third-order valence-corrected chi connectivity index (χ3v) is 14.0. The van der Waals surface area contributed by atoms with E-state index in [9.17, 15) is 21.4 Å². The minimum atomic E-state index is -4.14. The van der Waals surface area contributed by atoms with Crippen LogP contribution in [-0.4, -0.2) is 39.6 Å². The van der Waals surface area contributed by atoms with E-state index in [-0.39, 0.29) is 12.6 Å². The minimum absolute atomic E-state index is 0.163. The summed E-state index contributed by atoms with van der Waals surface area (Å²) in [6.45, 7) is -4.09. The van der Waals surface area contributed by atoms with Crippen molar-refractivity contribution in [3.8, 4) is 0 Å². The van der Waals surface area contributed by atoms with E-state index in [1.807, 2.05) is 91.0 Å². The zero-order valence-corrected chi connectivity index (χ0v) is 20.3. The van der Waals surface area contributed by atoms with E-state index in [2.05, 4.69) is 0 Å². The van der Waals surface area contributed by atoms with Crippen molar-refractivity contribution in [2.75, 3.05) is 18.2 Å². The maximum absolute atomic E-state index is 12.8. The van der Waals surface area contributed by atoms with Gasteiger partial charge in [0.15, 0.2) is 0 Å². The molecule has 1 N–H and O–H groups in total. The zero-order chi connectivity index (χ0) is 23.3. The van der Waals surface area contributed by atoms with Gasteiger partial charge in [-0.05, 0) is 0 Å². The van der Waals surface area contributed by atoms with Gasteiger partial charge in [-0.25, -0.2) is 0 Å². The molecule has 0 bridgehead atoms. The Hall–Kier alpha value is -2.09. The average Bonchev–Trinajstić information content (AvgIpc) is 2.76. The molecule has 0 unspecified atom stereocenters. The van der Waals surface area contributed by atoms with Gasteiger partial charge < -0.3 is 0 Å². The molecule has 3 aromatic carbocycles. The van der Waals surface area contributed by atoms with Gasteiger partial charge in [0.05, 0.1) is 0 Å². The first-order valence-electron chi connectivity index (χ1n) is 10.1. The standard InChI is InChI=1S/C23H27O6PS2/c1-31(24,25)29-30(21-13-5-2-6-14-21,22-15-7-3-8-16-22,23-17-9-4-10-18-23)19-11-12-20-32(26,27)28/h2-10,13-18H,11-12,19-20H2,1H3,(H,26,27,28). The second-order valence-corrected chi connectivity index (χ2v) is 15.7. The van der Waals surface area contributed by atoms with Gasteiger partial charge in [-0.2, -0.15) is 0 Å². The predicted octanol–water partition coefficient (Wildman–Crippen LogP) is 3.08. The second kappa shape index (κ2) is 9.41. The number of rotatable bonds is 10. The van der Waals surface area contributed by atoms with Crippen LogP contribution in [0.5, 0.6) is 0 Å². The molecule has 172 valence electrons. The summed E-state index contributed by atoms with van der Waals surface area (Å²) in [7, 11) is -8.10. The molecule has 9 heteroatoms. The first kappa shape index (κ1) is 24.6. The van der Waals surface area contributed by atoms with Crippen molar-refractivity contribution in [2.24, 2.45) is 0 Å². The van der Waals surface area contributed by atoms with Crippen LogP contribution in [0, 0.1) is 0 Å². The van der Waals surface area contributed by atoms with Crippen LogP contribution in [0.2, 0.25) is 0 Å². The van der Waals surface area contributed by atoms with Crippen molar-refractivity contribution in [1.82, 2.24) is 0 Å². The summed E-state index contributed by atoms with van der Waals surface area (Å²) in [6, 6.07) is 27.8. The Labute approximate surface area is 190 Å². The van der Waals surface area contributed by atoms with Gasteiger partial charge in [0.1, 0.15) is 0 Å². The molecule has 32 heavy (non-hydrogen) atoms. The molecule has 6 nitrogen and oxygen atoms in total. The summed E-state index contributed by atoms with van der Waals surface area (Å²) in [5.74, 6) is -0.406. The maximum atomic E-state index is 12.8. The molecule has 0 amide bonds. The Bertz CT molecular complexity index is 1150. The molecule has 0 atom stereocenters. The Morgan fingerprint density at radius 2 is 1.06 bits per heavy atom. The number of hydrogen-bond donors (Lipinski definition) is 1. The van der Waals surface area contributed by atoms with Crippen molar-refractivity contribution >= 4 is 43.0 Å². The normalized spacial score (nSPS) is 13.9. The van der Waals surface area contributed by atoms with Crippen molar-refractivity contribution in [3.05, 3.63) is 91.0 Å². The van der Waals surface area contributed by atoms with Gasteiger partial charge in [-0.15, -0.1) is 0 Å². The Morgan fingerprint density at radius 1 is 0.688 bits per heavy atom. The fourth-order valence-electron chi connectivity index (χ4n) is 4.23. The van der Waals surface area contributed by atoms with Crippen LogP contribution in [0.15, 0.2) is 91.0 Å². The van der Waals surface area contributed by atoms with E-state index in [1.165, 1.54) is 0 Å². The summed E-state index contributed by atoms with van der Waals surface area (Å²) in [5.41, 5.74) is 0.